The van der Waals surface area contributed by atoms with Gasteiger partial charge >= 0.3 is 0 Å². The lowest BCUT2D eigenvalue weighted by Gasteiger charge is -2.32. The molecule has 2 amide bonds. The molecule has 0 aromatic heterocycles. The van der Waals surface area contributed by atoms with Crippen molar-refractivity contribution in [1.82, 2.24) is 10.2 Å². The molecule has 1 fully saturated rings. The summed E-state index contributed by atoms with van der Waals surface area (Å²) in [5.74, 6) is -0.363. The topological polar surface area (TPSA) is 58.6 Å². The zero-order valence-electron chi connectivity index (χ0n) is 15.6. The zero-order chi connectivity index (χ0) is 20.1. The number of carbonyl (C=O) groups is 2. The number of piperidine rings is 1. The number of benzene rings is 2. The van der Waals surface area contributed by atoms with Gasteiger partial charge in [-0.2, -0.15) is 0 Å². The first-order valence-electron chi connectivity index (χ1n) is 9.13. The fourth-order valence-corrected chi connectivity index (χ4v) is 3.52. The lowest BCUT2D eigenvalue weighted by molar-refractivity contribution is -0.131. The van der Waals surface area contributed by atoms with Crippen molar-refractivity contribution in [2.24, 2.45) is 0 Å². The molecule has 1 heterocycles. The zero-order valence-corrected chi connectivity index (χ0v) is 16.3. The van der Waals surface area contributed by atoms with Gasteiger partial charge in [-0.1, -0.05) is 29.8 Å². The Hall–Kier alpha value is -2.60. The minimum absolute atomic E-state index is 0.0482. The molecule has 0 radical (unpaired) electrons. The van der Waals surface area contributed by atoms with Crippen molar-refractivity contribution in [2.75, 3.05) is 20.2 Å². The van der Waals surface area contributed by atoms with Gasteiger partial charge in [0, 0.05) is 19.1 Å². The summed E-state index contributed by atoms with van der Waals surface area (Å²) in [6, 6.07) is 11.5. The van der Waals surface area contributed by atoms with Crippen molar-refractivity contribution in [3.63, 3.8) is 0 Å². The number of ether oxygens (including phenoxy) is 1. The number of rotatable bonds is 5. The van der Waals surface area contributed by atoms with Crippen LogP contribution in [0.5, 0.6) is 5.75 Å². The van der Waals surface area contributed by atoms with Crippen molar-refractivity contribution in [2.45, 2.75) is 25.3 Å². The van der Waals surface area contributed by atoms with E-state index >= 15 is 0 Å². The molecule has 0 aliphatic carbocycles. The quantitative estimate of drug-likeness (QED) is 0.830. The van der Waals surface area contributed by atoms with Crippen LogP contribution in [0.3, 0.4) is 0 Å². The third kappa shape index (κ3) is 4.81. The van der Waals surface area contributed by atoms with Crippen molar-refractivity contribution >= 4 is 23.4 Å². The molecule has 148 valence electrons. The molecule has 1 saturated heterocycles. The molecule has 7 heteroatoms. The predicted molar refractivity (Wildman–Crippen MR) is 105 cm³/mol. The predicted octanol–water partition coefficient (Wildman–Crippen LogP) is 3.45. The van der Waals surface area contributed by atoms with Crippen molar-refractivity contribution in [3.8, 4) is 5.75 Å². The van der Waals surface area contributed by atoms with Crippen molar-refractivity contribution < 1.29 is 18.7 Å². The first-order valence-corrected chi connectivity index (χ1v) is 9.51. The number of nitrogens with one attached hydrogen (secondary N) is 1. The molecule has 3 rings (SSSR count). The van der Waals surface area contributed by atoms with E-state index in [1.54, 1.807) is 12.0 Å². The molecule has 1 aliphatic heterocycles. The van der Waals surface area contributed by atoms with Gasteiger partial charge in [0.2, 0.25) is 5.91 Å². The van der Waals surface area contributed by atoms with E-state index in [-0.39, 0.29) is 22.5 Å². The van der Waals surface area contributed by atoms with Gasteiger partial charge in [-0.15, -0.1) is 0 Å². The first kappa shape index (κ1) is 20.1. The average Bonchev–Trinajstić information content (AvgIpc) is 2.69. The van der Waals surface area contributed by atoms with E-state index < -0.39 is 11.7 Å². The molecule has 0 atom stereocenters. The van der Waals surface area contributed by atoms with E-state index in [0.29, 0.717) is 32.4 Å². The highest BCUT2D eigenvalue weighted by molar-refractivity contribution is 6.33. The summed E-state index contributed by atoms with van der Waals surface area (Å²) in [5.41, 5.74) is 0.789. The molecule has 0 saturated carbocycles. The largest absolute Gasteiger partial charge is 0.497 e. The van der Waals surface area contributed by atoms with E-state index in [9.17, 15) is 14.0 Å². The van der Waals surface area contributed by atoms with Crippen molar-refractivity contribution in [1.29, 1.82) is 0 Å². The number of halogens is 2. The molecule has 5 nitrogen and oxygen atoms in total. The number of hydrogen-bond donors (Lipinski definition) is 1. The van der Waals surface area contributed by atoms with Crippen LogP contribution in [-0.2, 0) is 11.2 Å². The lowest BCUT2D eigenvalue weighted by Crippen LogP contribution is -2.47. The second-order valence-corrected chi connectivity index (χ2v) is 7.16. The highest BCUT2D eigenvalue weighted by Gasteiger charge is 2.25. The number of carbonyl (C=O) groups excluding carboxylic acids is 2. The summed E-state index contributed by atoms with van der Waals surface area (Å²) in [5, 5.41) is 2.91. The summed E-state index contributed by atoms with van der Waals surface area (Å²) >= 11 is 5.94. The maximum Gasteiger partial charge on any atom is 0.255 e. The van der Waals surface area contributed by atoms with Gasteiger partial charge in [0.1, 0.15) is 11.6 Å². The molecule has 0 bridgehead atoms. The van der Waals surface area contributed by atoms with Crippen LogP contribution < -0.4 is 10.1 Å². The molecule has 1 aliphatic rings. The maximum atomic E-state index is 13.9. The Kier molecular flexibility index (Phi) is 6.52. The minimum Gasteiger partial charge on any atom is -0.497 e. The maximum absolute atomic E-state index is 13.9. The molecule has 28 heavy (non-hydrogen) atoms. The Labute approximate surface area is 168 Å². The molecule has 1 N–H and O–H groups in total. The molecular weight excluding hydrogens is 383 g/mol. The number of hydrogen-bond acceptors (Lipinski definition) is 3. The van der Waals surface area contributed by atoms with Crippen LogP contribution in [0, 0.1) is 5.82 Å². The van der Waals surface area contributed by atoms with E-state index in [0.717, 1.165) is 11.3 Å². The second kappa shape index (κ2) is 9.06. The number of amides is 2. The highest BCUT2D eigenvalue weighted by atomic mass is 35.5. The van der Waals surface area contributed by atoms with Crippen LogP contribution in [0.15, 0.2) is 42.5 Å². The first-order chi connectivity index (χ1) is 13.5. The average molecular weight is 405 g/mol. The minimum atomic E-state index is -0.642. The molecule has 2 aromatic rings. The molecule has 0 unspecified atom stereocenters. The second-order valence-electron chi connectivity index (χ2n) is 6.75. The van der Waals surface area contributed by atoms with Crippen molar-refractivity contribution in [3.05, 3.63) is 64.4 Å². The van der Waals surface area contributed by atoms with Crippen LogP contribution in [-0.4, -0.2) is 43.0 Å². The Morgan fingerprint density at radius 1 is 1.18 bits per heavy atom. The standard InChI is InChI=1S/C21H22ClFN2O3/c1-28-16-7-5-14(6-8-16)13-19(26)25-11-9-15(10-12-25)24-21(27)20-17(22)3-2-4-18(20)23/h2-8,15H,9-13H2,1H3,(H,24,27). The molecule has 0 spiro atoms. The number of nitrogens with zero attached hydrogens (tertiary/aromatic N) is 1. The normalized spacial score (nSPS) is 14.6. The monoisotopic (exact) mass is 404 g/mol. The van der Waals surface area contributed by atoms with E-state index in [1.165, 1.54) is 18.2 Å². The summed E-state index contributed by atoms with van der Waals surface area (Å²) in [4.78, 5) is 26.6. The molecule has 2 aromatic carbocycles. The SMILES string of the molecule is COc1ccc(CC(=O)N2CCC(NC(=O)c3c(F)cccc3Cl)CC2)cc1. The third-order valence-electron chi connectivity index (χ3n) is 4.89. The van der Waals surface area contributed by atoms with Gasteiger partial charge in [-0.05, 0) is 42.7 Å². The van der Waals surface area contributed by atoms with Gasteiger partial charge in [-0.25, -0.2) is 4.39 Å². The summed E-state index contributed by atoms with van der Waals surface area (Å²) in [6.45, 7) is 1.09. The van der Waals surface area contributed by atoms with Crippen LogP contribution in [0.25, 0.3) is 0 Å². The summed E-state index contributed by atoms with van der Waals surface area (Å²) in [6.07, 6.45) is 1.56. The van der Waals surface area contributed by atoms with Crippen LogP contribution in [0.2, 0.25) is 5.02 Å². The van der Waals surface area contributed by atoms with Gasteiger partial charge in [0.25, 0.3) is 5.91 Å². The highest BCUT2D eigenvalue weighted by Crippen LogP contribution is 2.20. The molecular formula is C21H22ClFN2O3. The van der Waals surface area contributed by atoms with E-state index in [2.05, 4.69) is 5.32 Å². The fourth-order valence-electron chi connectivity index (χ4n) is 3.28. The Bertz CT molecular complexity index is 829. The van der Waals surface area contributed by atoms with Gasteiger partial charge in [0.15, 0.2) is 0 Å². The smallest absolute Gasteiger partial charge is 0.255 e. The summed E-state index contributed by atoms with van der Waals surface area (Å²) < 4.78 is 19.0. The summed E-state index contributed by atoms with van der Waals surface area (Å²) in [7, 11) is 1.60. The lowest BCUT2D eigenvalue weighted by atomic mass is 10.0. The number of methoxy groups -OCH3 is 1. The van der Waals surface area contributed by atoms with Crippen LogP contribution in [0.1, 0.15) is 28.8 Å². The fraction of sp³-hybridized carbons (Fsp3) is 0.333. The Morgan fingerprint density at radius 2 is 1.86 bits per heavy atom. The van der Waals surface area contributed by atoms with E-state index in [4.69, 9.17) is 16.3 Å². The Balaban J connectivity index is 1.51. The van der Waals surface area contributed by atoms with Gasteiger partial charge in [-0.3, -0.25) is 9.59 Å². The van der Waals surface area contributed by atoms with E-state index in [1.807, 2.05) is 24.3 Å². The third-order valence-corrected chi connectivity index (χ3v) is 5.20. The Morgan fingerprint density at radius 3 is 2.46 bits per heavy atom. The van der Waals surface area contributed by atoms with Gasteiger partial charge < -0.3 is 15.0 Å². The number of likely N-dealkylation sites (tertiary alicyclic amines) is 1. The van der Waals surface area contributed by atoms with Crippen LogP contribution >= 0.6 is 11.6 Å². The van der Waals surface area contributed by atoms with Crippen LogP contribution in [0.4, 0.5) is 4.39 Å². The van der Waals surface area contributed by atoms with Gasteiger partial charge in [0.05, 0.1) is 24.1 Å².